The molecule has 4 aliphatic rings. The normalized spacial score (nSPS) is 29.8. The molecule has 2 aromatic carbocycles. The predicted molar refractivity (Wildman–Crippen MR) is 131 cm³/mol. The van der Waals surface area contributed by atoms with Crippen LogP contribution in [0.2, 0.25) is 0 Å². The molecular formula is C28H29F2NO8. The lowest BCUT2D eigenvalue weighted by molar-refractivity contribution is -0.286. The molecule has 0 spiro atoms. The zero-order valence-corrected chi connectivity index (χ0v) is 21.5. The second-order valence-corrected chi connectivity index (χ2v) is 10.9. The Labute approximate surface area is 223 Å². The smallest absolute Gasteiger partial charge is 0.497 e. The van der Waals surface area contributed by atoms with Crippen molar-refractivity contribution < 1.29 is 47.2 Å². The van der Waals surface area contributed by atoms with Gasteiger partial charge in [0.05, 0.1) is 19.1 Å². The fraction of sp³-hybridized carbons (Fsp3) is 0.500. The number of carboxylic acids is 1. The van der Waals surface area contributed by atoms with Crippen LogP contribution in [0.3, 0.4) is 0 Å². The number of benzene rings is 2. The molecule has 2 aromatic rings. The molecule has 1 saturated carbocycles. The van der Waals surface area contributed by atoms with Gasteiger partial charge < -0.3 is 34.1 Å². The summed E-state index contributed by atoms with van der Waals surface area (Å²) in [6.45, 7) is 1.72. The molecule has 3 heterocycles. The van der Waals surface area contributed by atoms with Gasteiger partial charge in [0.1, 0.15) is 35.4 Å². The average molecular weight is 546 g/mol. The lowest BCUT2D eigenvalue weighted by Gasteiger charge is -2.39. The van der Waals surface area contributed by atoms with Gasteiger partial charge in [0, 0.05) is 29.7 Å². The van der Waals surface area contributed by atoms with Gasteiger partial charge in [0.25, 0.3) is 0 Å². The van der Waals surface area contributed by atoms with Gasteiger partial charge >= 0.3 is 12.3 Å². The van der Waals surface area contributed by atoms with E-state index in [4.69, 9.17) is 14.2 Å². The molecule has 0 saturated heterocycles. The van der Waals surface area contributed by atoms with Crippen molar-refractivity contribution in [1.82, 2.24) is 5.32 Å². The Morgan fingerprint density at radius 1 is 1.03 bits per heavy atom. The number of hydrogen-bond acceptors (Lipinski definition) is 7. The number of hydrogen-bond donors (Lipinski definition) is 2. The molecule has 2 N–H and O–H groups in total. The Morgan fingerprint density at radius 3 is 2.44 bits per heavy atom. The van der Waals surface area contributed by atoms with E-state index in [0.29, 0.717) is 36.3 Å². The lowest BCUT2D eigenvalue weighted by atomic mass is 9.76. The molecule has 6 rings (SSSR count). The number of fused-ring (bicyclic) bond motifs is 3. The van der Waals surface area contributed by atoms with Gasteiger partial charge in [0.15, 0.2) is 11.5 Å². The maximum absolute atomic E-state index is 13.8. The minimum Gasteiger partial charge on any atom is -0.497 e. The summed E-state index contributed by atoms with van der Waals surface area (Å²) in [5, 5.41) is 12.5. The van der Waals surface area contributed by atoms with Crippen molar-refractivity contribution >= 4 is 11.9 Å². The van der Waals surface area contributed by atoms with E-state index in [0.717, 1.165) is 18.4 Å². The summed E-state index contributed by atoms with van der Waals surface area (Å²) in [5.41, 5.74) is 0.0734. The van der Waals surface area contributed by atoms with Gasteiger partial charge in [-0.2, -0.15) is 0 Å². The van der Waals surface area contributed by atoms with Crippen molar-refractivity contribution in [2.75, 3.05) is 13.7 Å². The number of ether oxygens (including phenoxy) is 5. The maximum Gasteiger partial charge on any atom is 0.586 e. The second kappa shape index (κ2) is 9.17. The molecule has 3 aliphatic heterocycles. The van der Waals surface area contributed by atoms with Crippen LogP contribution in [0.4, 0.5) is 8.78 Å². The Bertz CT molecular complexity index is 1320. The van der Waals surface area contributed by atoms with Crippen LogP contribution in [-0.2, 0) is 15.0 Å². The van der Waals surface area contributed by atoms with Gasteiger partial charge in [-0.25, -0.2) is 0 Å². The summed E-state index contributed by atoms with van der Waals surface area (Å²) >= 11 is 0. The summed E-state index contributed by atoms with van der Waals surface area (Å²) in [6.07, 6.45) is -0.879. The third kappa shape index (κ3) is 4.47. The average Bonchev–Trinajstić information content (AvgIpc) is 3.41. The first-order chi connectivity index (χ1) is 18.6. The maximum atomic E-state index is 13.8. The monoisotopic (exact) mass is 545 g/mol. The van der Waals surface area contributed by atoms with Gasteiger partial charge in [-0.1, -0.05) is 0 Å². The molecule has 39 heavy (non-hydrogen) atoms. The van der Waals surface area contributed by atoms with Crippen LogP contribution in [0.1, 0.15) is 56.2 Å². The molecule has 3 atom stereocenters. The van der Waals surface area contributed by atoms with Crippen LogP contribution in [0.15, 0.2) is 30.3 Å². The summed E-state index contributed by atoms with van der Waals surface area (Å²) in [6, 6.07) is 7.76. The van der Waals surface area contributed by atoms with Crippen LogP contribution in [-0.4, -0.2) is 43.1 Å². The van der Waals surface area contributed by atoms with E-state index in [1.165, 1.54) is 12.1 Å². The number of nitrogens with one attached hydrogen (secondary N) is 1. The number of halogens is 2. The van der Waals surface area contributed by atoms with E-state index >= 15 is 0 Å². The fourth-order valence-electron chi connectivity index (χ4n) is 6.10. The molecule has 2 unspecified atom stereocenters. The Balaban J connectivity index is 1.25. The number of carboxylic acid groups (broad SMARTS) is 1. The van der Waals surface area contributed by atoms with Crippen LogP contribution in [0, 0.1) is 11.8 Å². The molecule has 0 aromatic heterocycles. The van der Waals surface area contributed by atoms with Crippen LogP contribution < -0.4 is 29.0 Å². The van der Waals surface area contributed by atoms with E-state index in [9.17, 15) is 23.5 Å². The van der Waals surface area contributed by atoms with Gasteiger partial charge in [-0.05, 0) is 56.7 Å². The number of amides is 1. The van der Waals surface area contributed by atoms with Crippen molar-refractivity contribution in [3.05, 3.63) is 41.5 Å². The zero-order valence-electron chi connectivity index (χ0n) is 21.5. The van der Waals surface area contributed by atoms with Crippen molar-refractivity contribution in [3.8, 4) is 28.7 Å². The van der Waals surface area contributed by atoms with Crippen LogP contribution >= 0.6 is 0 Å². The lowest BCUT2D eigenvalue weighted by Crippen LogP contribution is -2.47. The quantitative estimate of drug-likeness (QED) is 0.562. The molecule has 0 radical (unpaired) electrons. The fourth-order valence-corrected chi connectivity index (χ4v) is 6.10. The SMILES string of the molecule is COc1ccc2c(c1)OC([C@H]1CC[C@H](C(=O)O)CC1)CC2NC(=O)[C@@]1(C)COc2cc3c(cc21)OC(F)(F)O3. The summed E-state index contributed by atoms with van der Waals surface area (Å²) in [5.74, 6) is -0.0662. The van der Waals surface area contributed by atoms with Crippen LogP contribution in [0.25, 0.3) is 0 Å². The van der Waals surface area contributed by atoms with Gasteiger partial charge in [0.2, 0.25) is 5.91 Å². The first-order valence-electron chi connectivity index (χ1n) is 13.0. The molecular weight excluding hydrogens is 516 g/mol. The van der Waals surface area contributed by atoms with E-state index in [1.54, 1.807) is 26.2 Å². The number of aliphatic carboxylic acids is 1. The molecule has 1 fully saturated rings. The molecule has 0 bridgehead atoms. The number of methoxy groups -OCH3 is 1. The summed E-state index contributed by atoms with van der Waals surface area (Å²) < 4.78 is 53.9. The largest absolute Gasteiger partial charge is 0.586 e. The molecule has 9 nitrogen and oxygen atoms in total. The predicted octanol–water partition coefficient (Wildman–Crippen LogP) is 4.57. The Hall–Kier alpha value is -3.76. The first kappa shape index (κ1) is 25.5. The summed E-state index contributed by atoms with van der Waals surface area (Å²) in [4.78, 5) is 25.2. The minimum atomic E-state index is -3.78. The number of rotatable bonds is 5. The minimum absolute atomic E-state index is 0.0226. The topological polar surface area (TPSA) is 113 Å². The standard InChI is InChI=1S/C28H29F2NO8/c1-27(13-36-22-12-24-23(10-18(22)27)38-28(29,30)39-24)26(34)31-19-11-20(14-3-5-15(6-4-14)25(32)33)37-21-9-16(35-2)7-8-17(19)21/h7-10,12,14-15,19-20H,3-6,11,13H2,1-2H3,(H,31,34)(H,32,33)/t14-,15-,19?,20?,27-/m0/s1. The molecule has 11 heteroatoms. The van der Waals surface area contributed by atoms with Crippen LogP contribution in [0.5, 0.6) is 28.7 Å². The van der Waals surface area contributed by atoms with E-state index in [2.05, 4.69) is 14.8 Å². The first-order valence-corrected chi connectivity index (χ1v) is 13.0. The second-order valence-electron chi connectivity index (χ2n) is 10.9. The van der Waals surface area contributed by atoms with E-state index in [1.807, 2.05) is 6.07 Å². The van der Waals surface area contributed by atoms with Crippen molar-refractivity contribution in [2.45, 2.75) is 62.9 Å². The van der Waals surface area contributed by atoms with E-state index < -0.39 is 23.7 Å². The highest BCUT2D eigenvalue weighted by atomic mass is 19.3. The third-order valence-corrected chi connectivity index (χ3v) is 8.41. The van der Waals surface area contributed by atoms with Crippen molar-refractivity contribution in [3.63, 3.8) is 0 Å². The third-order valence-electron chi connectivity index (χ3n) is 8.41. The number of alkyl halides is 2. The number of carbonyl (C=O) groups excluding carboxylic acids is 1. The molecule has 208 valence electrons. The van der Waals surface area contributed by atoms with Gasteiger partial charge in [-0.3, -0.25) is 9.59 Å². The molecule has 1 amide bonds. The Kier molecular flexibility index (Phi) is 6.00. The van der Waals surface area contributed by atoms with E-state index in [-0.39, 0.29) is 47.7 Å². The number of carbonyl (C=O) groups is 2. The molecule has 1 aliphatic carbocycles. The summed E-state index contributed by atoms with van der Waals surface area (Å²) in [7, 11) is 1.56. The highest BCUT2D eigenvalue weighted by Crippen LogP contribution is 2.50. The van der Waals surface area contributed by atoms with Crippen molar-refractivity contribution in [1.29, 1.82) is 0 Å². The highest BCUT2D eigenvalue weighted by Gasteiger charge is 2.49. The van der Waals surface area contributed by atoms with Crippen molar-refractivity contribution in [2.24, 2.45) is 11.8 Å². The van der Waals surface area contributed by atoms with Gasteiger partial charge in [-0.15, -0.1) is 8.78 Å². The zero-order chi connectivity index (χ0) is 27.5. The highest BCUT2D eigenvalue weighted by molar-refractivity contribution is 5.90. The Morgan fingerprint density at radius 2 is 1.74 bits per heavy atom.